The number of methoxy groups -OCH3 is 1. The van der Waals surface area contributed by atoms with E-state index < -0.39 is 27.4 Å². The zero-order valence-corrected chi connectivity index (χ0v) is 10.4. The molecule has 0 aromatic rings. The molecule has 0 aromatic carbocycles. The molecule has 1 rings (SSSR count). The molecular weight excluding hydrogens is 277 g/mol. The summed E-state index contributed by atoms with van der Waals surface area (Å²) in [4.78, 5) is 11.3. The van der Waals surface area contributed by atoms with Crippen LogP contribution in [0.5, 0.6) is 0 Å². The first kappa shape index (κ1) is 14.8. The van der Waals surface area contributed by atoms with Crippen LogP contribution >= 0.6 is 0 Å². The molecule has 0 spiro atoms. The third kappa shape index (κ3) is 2.95. The quantitative estimate of drug-likeness (QED) is 0.449. The molecule has 0 radical (unpaired) electrons. The maximum atomic E-state index is 12.1. The van der Waals surface area contributed by atoms with Crippen molar-refractivity contribution in [2.45, 2.75) is 25.3 Å². The highest BCUT2D eigenvalue weighted by molar-refractivity contribution is 7.87. The molecule has 0 fully saturated rings. The van der Waals surface area contributed by atoms with Gasteiger partial charge in [-0.1, -0.05) is 6.92 Å². The molecule has 0 saturated heterocycles. The number of halogens is 3. The van der Waals surface area contributed by atoms with Crippen LogP contribution < -0.4 is 0 Å². The number of carbonyl (C=O) groups excluding carboxylic acids is 1. The lowest BCUT2D eigenvalue weighted by Gasteiger charge is -2.11. The minimum atomic E-state index is -5.74. The van der Waals surface area contributed by atoms with Crippen LogP contribution in [-0.2, 0) is 23.8 Å². The second kappa shape index (κ2) is 4.79. The zero-order valence-electron chi connectivity index (χ0n) is 9.57. The van der Waals surface area contributed by atoms with Gasteiger partial charge in [-0.2, -0.15) is 21.6 Å². The van der Waals surface area contributed by atoms with Gasteiger partial charge in [-0.15, -0.1) is 0 Å². The third-order valence-corrected chi connectivity index (χ3v) is 3.34. The van der Waals surface area contributed by atoms with Gasteiger partial charge in [-0.3, -0.25) is 0 Å². The number of alkyl halides is 3. The first-order valence-electron chi connectivity index (χ1n) is 4.89. The van der Waals surface area contributed by atoms with Gasteiger partial charge >= 0.3 is 21.6 Å². The molecule has 1 aliphatic carbocycles. The number of rotatable bonds is 3. The van der Waals surface area contributed by atoms with Crippen LogP contribution in [-0.4, -0.2) is 27.0 Å². The van der Waals surface area contributed by atoms with Crippen LogP contribution in [0.4, 0.5) is 13.2 Å². The largest absolute Gasteiger partial charge is 0.534 e. The van der Waals surface area contributed by atoms with Gasteiger partial charge in [0.05, 0.1) is 12.7 Å². The Morgan fingerprint density at radius 2 is 1.89 bits per heavy atom. The summed E-state index contributed by atoms with van der Waals surface area (Å²) < 4.78 is 66.5. The summed E-state index contributed by atoms with van der Waals surface area (Å²) in [6.45, 7) is 1.65. The normalized spacial score (nSPS) is 21.1. The first-order chi connectivity index (χ1) is 8.08. The van der Waals surface area contributed by atoms with Crippen LogP contribution in [0.15, 0.2) is 11.3 Å². The smallest absolute Gasteiger partial charge is 0.466 e. The summed E-state index contributed by atoms with van der Waals surface area (Å²) in [5.74, 6) is -1.56. The molecule has 0 N–H and O–H groups in total. The molecule has 0 amide bonds. The number of carbonyl (C=O) groups is 1. The topological polar surface area (TPSA) is 69.7 Å². The molecule has 5 nitrogen and oxygen atoms in total. The molecule has 18 heavy (non-hydrogen) atoms. The first-order valence-corrected chi connectivity index (χ1v) is 6.30. The Morgan fingerprint density at radius 1 is 1.33 bits per heavy atom. The number of allylic oxidation sites excluding steroid dienone is 1. The summed E-state index contributed by atoms with van der Waals surface area (Å²) in [6.07, 6.45) is 0.0646. The molecule has 0 heterocycles. The summed E-state index contributed by atoms with van der Waals surface area (Å²) in [6, 6.07) is 0. The van der Waals surface area contributed by atoms with Gasteiger partial charge in [-0.25, -0.2) is 4.79 Å². The Hall–Kier alpha value is -1.25. The fourth-order valence-corrected chi connectivity index (χ4v) is 2.09. The van der Waals surface area contributed by atoms with Crippen molar-refractivity contribution in [3.05, 3.63) is 11.3 Å². The highest BCUT2D eigenvalue weighted by atomic mass is 32.2. The van der Waals surface area contributed by atoms with Crippen molar-refractivity contribution in [1.82, 2.24) is 0 Å². The van der Waals surface area contributed by atoms with Gasteiger partial charge < -0.3 is 8.92 Å². The molecule has 1 aliphatic rings. The van der Waals surface area contributed by atoms with E-state index in [0.717, 1.165) is 7.11 Å². The van der Waals surface area contributed by atoms with Crippen molar-refractivity contribution in [3.63, 3.8) is 0 Å². The molecule has 0 saturated carbocycles. The lowest BCUT2D eigenvalue weighted by atomic mass is 10.1. The molecule has 1 unspecified atom stereocenters. The van der Waals surface area contributed by atoms with Crippen LogP contribution in [0.25, 0.3) is 0 Å². The minimum absolute atomic E-state index is 0.0558. The number of hydrogen-bond donors (Lipinski definition) is 0. The predicted molar refractivity (Wildman–Crippen MR) is 53.5 cm³/mol. The van der Waals surface area contributed by atoms with Gasteiger partial charge in [0, 0.05) is 6.42 Å². The van der Waals surface area contributed by atoms with E-state index in [-0.39, 0.29) is 24.3 Å². The van der Waals surface area contributed by atoms with Gasteiger partial charge in [-0.05, 0) is 12.3 Å². The zero-order chi connectivity index (χ0) is 14.1. The Balaban J connectivity index is 3.05. The predicted octanol–water partition coefficient (Wildman–Crippen LogP) is 1.71. The third-order valence-electron chi connectivity index (χ3n) is 2.35. The average Bonchev–Trinajstić information content (AvgIpc) is 2.55. The summed E-state index contributed by atoms with van der Waals surface area (Å²) in [5, 5.41) is 0. The summed E-state index contributed by atoms with van der Waals surface area (Å²) in [5.41, 5.74) is -5.69. The standard InChI is InChI=1S/C9H11F3O5S/c1-5-3-6(8(13)16-2)7(4-5)17-18(14,15)9(10,11)12/h5H,3-4H2,1-2H3. The van der Waals surface area contributed by atoms with E-state index in [9.17, 15) is 26.4 Å². The maximum absolute atomic E-state index is 12.1. The van der Waals surface area contributed by atoms with Crippen molar-refractivity contribution >= 4 is 16.1 Å². The number of ether oxygens (including phenoxy) is 1. The Morgan fingerprint density at radius 3 is 2.33 bits per heavy atom. The fourth-order valence-electron chi connectivity index (χ4n) is 1.56. The van der Waals surface area contributed by atoms with Gasteiger partial charge in [0.25, 0.3) is 0 Å². The molecule has 104 valence electrons. The summed E-state index contributed by atoms with van der Waals surface area (Å²) in [7, 11) is -4.70. The van der Waals surface area contributed by atoms with E-state index in [1.54, 1.807) is 6.92 Å². The number of hydrogen-bond acceptors (Lipinski definition) is 5. The van der Waals surface area contributed by atoms with Gasteiger partial charge in [0.2, 0.25) is 0 Å². The molecule has 0 bridgehead atoms. The molecule has 0 aliphatic heterocycles. The van der Waals surface area contributed by atoms with Crippen LogP contribution in [0, 0.1) is 5.92 Å². The second-order valence-electron chi connectivity index (χ2n) is 3.89. The Bertz CT molecular complexity index is 477. The molecule has 9 heteroatoms. The molecular formula is C9H11F3O5S. The van der Waals surface area contributed by atoms with E-state index in [4.69, 9.17) is 0 Å². The van der Waals surface area contributed by atoms with Crippen molar-refractivity contribution in [1.29, 1.82) is 0 Å². The van der Waals surface area contributed by atoms with E-state index in [0.29, 0.717) is 0 Å². The van der Waals surface area contributed by atoms with Gasteiger partial charge in [0.15, 0.2) is 0 Å². The highest BCUT2D eigenvalue weighted by Crippen LogP contribution is 2.36. The lowest BCUT2D eigenvalue weighted by molar-refractivity contribution is -0.136. The van der Waals surface area contributed by atoms with Crippen LogP contribution in [0.2, 0.25) is 0 Å². The van der Waals surface area contributed by atoms with E-state index in [1.165, 1.54) is 0 Å². The fraction of sp³-hybridized carbons (Fsp3) is 0.667. The van der Waals surface area contributed by atoms with E-state index in [2.05, 4.69) is 8.92 Å². The summed E-state index contributed by atoms with van der Waals surface area (Å²) >= 11 is 0. The SMILES string of the molecule is COC(=O)C1=C(OS(=O)(=O)C(F)(F)F)CC(C)C1. The maximum Gasteiger partial charge on any atom is 0.534 e. The van der Waals surface area contributed by atoms with Crippen molar-refractivity contribution in [2.24, 2.45) is 5.92 Å². The monoisotopic (exact) mass is 288 g/mol. The highest BCUT2D eigenvalue weighted by Gasteiger charge is 2.49. The minimum Gasteiger partial charge on any atom is -0.466 e. The molecule has 1 atom stereocenters. The van der Waals surface area contributed by atoms with Crippen LogP contribution in [0.3, 0.4) is 0 Å². The number of esters is 1. The van der Waals surface area contributed by atoms with Crippen molar-refractivity contribution < 1.29 is 35.3 Å². The van der Waals surface area contributed by atoms with Gasteiger partial charge in [0.1, 0.15) is 5.76 Å². The van der Waals surface area contributed by atoms with E-state index in [1.807, 2.05) is 0 Å². The van der Waals surface area contributed by atoms with Crippen molar-refractivity contribution in [2.75, 3.05) is 7.11 Å². The average molecular weight is 288 g/mol. The van der Waals surface area contributed by atoms with Crippen LogP contribution in [0.1, 0.15) is 19.8 Å². The Labute approximate surface area is 102 Å². The second-order valence-corrected chi connectivity index (χ2v) is 5.43. The lowest BCUT2D eigenvalue weighted by Crippen LogP contribution is -2.25. The van der Waals surface area contributed by atoms with E-state index >= 15 is 0 Å². The molecule has 0 aromatic heterocycles. The van der Waals surface area contributed by atoms with Crippen molar-refractivity contribution in [3.8, 4) is 0 Å². The Kier molecular flexibility index (Phi) is 3.94.